The molecule has 2 aliphatic heterocycles. The van der Waals surface area contributed by atoms with E-state index in [0.717, 1.165) is 42.4 Å². The van der Waals surface area contributed by atoms with Crippen LogP contribution in [0.2, 0.25) is 0 Å². The number of hydrogen-bond acceptors (Lipinski definition) is 6. The van der Waals surface area contributed by atoms with Gasteiger partial charge in [-0.2, -0.15) is 0 Å². The van der Waals surface area contributed by atoms with E-state index < -0.39 is 12.1 Å². The van der Waals surface area contributed by atoms with Crippen LogP contribution in [0, 0.1) is 12.7 Å². The van der Waals surface area contributed by atoms with E-state index in [1.807, 2.05) is 6.07 Å². The molecule has 1 atom stereocenters. The van der Waals surface area contributed by atoms with Gasteiger partial charge in [-0.25, -0.2) is 14.2 Å². The molecule has 7 nitrogen and oxygen atoms in total. The molecular formula is C24H24FN3O4. The fourth-order valence-electron chi connectivity index (χ4n) is 4.69. The number of aryl methyl sites for hydroxylation is 2. The highest BCUT2D eigenvalue weighted by Crippen LogP contribution is 2.38. The molecule has 0 spiro atoms. The maximum Gasteiger partial charge on any atom is 0.340 e. The average molecular weight is 437 g/mol. The molecule has 0 amide bonds. The third-order valence-electron chi connectivity index (χ3n) is 6.39. The van der Waals surface area contributed by atoms with Crippen LogP contribution < -0.4 is 10.9 Å². The Kier molecular flexibility index (Phi) is 5.06. The van der Waals surface area contributed by atoms with E-state index in [0.29, 0.717) is 29.0 Å². The number of hydrogen-bond donors (Lipinski definition) is 2. The van der Waals surface area contributed by atoms with Crippen molar-refractivity contribution < 1.29 is 19.0 Å². The number of nitrogens with one attached hydrogen (secondary N) is 1. The summed E-state index contributed by atoms with van der Waals surface area (Å²) in [6.07, 6.45) is 0.145. The summed E-state index contributed by atoms with van der Waals surface area (Å²) in [7, 11) is 0. The third-order valence-corrected chi connectivity index (χ3v) is 6.39. The number of cyclic esters (lactones) is 1. The second-order valence-electron chi connectivity index (χ2n) is 8.36. The zero-order chi connectivity index (χ0) is 22.6. The zero-order valence-electron chi connectivity index (χ0n) is 18.0. The first-order chi connectivity index (χ1) is 15.4. The highest BCUT2D eigenvalue weighted by Gasteiger charge is 2.34. The number of aliphatic hydroxyl groups is 1. The molecule has 0 aliphatic carbocycles. The topological polar surface area (TPSA) is 93.5 Å². The van der Waals surface area contributed by atoms with Crippen molar-refractivity contribution in [3.63, 3.8) is 0 Å². The molecule has 2 aromatic heterocycles. The number of nitrogens with zero attached hydrogens (tertiary/aromatic N) is 2. The van der Waals surface area contributed by atoms with E-state index in [1.165, 1.54) is 6.07 Å². The number of aromatic nitrogens is 2. The fourth-order valence-corrected chi connectivity index (χ4v) is 4.69. The summed E-state index contributed by atoms with van der Waals surface area (Å²) in [6, 6.07) is 4.91. The van der Waals surface area contributed by atoms with Crippen molar-refractivity contribution in [3.8, 4) is 11.4 Å². The third kappa shape index (κ3) is 3.13. The largest absolute Gasteiger partial charge is 0.458 e. The summed E-state index contributed by atoms with van der Waals surface area (Å²) in [5, 5.41) is 14.5. The molecule has 0 bridgehead atoms. The maximum absolute atomic E-state index is 14.4. The second-order valence-corrected chi connectivity index (χ2v) is 8.36. The van der Waals surface area contributed by atoms with Crippen LogP contribution in [0.5, 0.6) is 0 Å². The van der Waals surface area contributed by atoms with Gasteiger partial charge in [-0.1, -0.05) is 6.92 Å². The van der Waals surface area contributed by atoms with Crippen molar-refractivity contribution in [2.24, 2.45) is 0 Å². The summed E-state index contributed by atoms with van der Waals surface area (Å²) in [5.41, 5.74) is 4.45. The number of pyridine rings is 2. The first-order valence-electron chi connectivity index (χ1n) is 10.8. The highest BCUT2D eigenvalue weighted by molar-refractivity contribution is 5.89. The fraction of sp³-hybridized carbons (Fsp3) is 0.375. The monoisotopic (exact) mass is 437 g/mol. The van der Waals surface area contributed by atoms with E-state index in [-0.39, 0.29) is 29.1 Å². The molecule has 2 N–H and O–H groups in total. The Morgan fingerprint density at radius 1 is 1.28 bits per heavy atom. The normalized spacial score (nSPS) is 16.6. The molecule has 1 aromatic carbocycles. The molecule has 0 saturated heterocycles. The molecule has 0 unspecified atom stereocenters. The van der Waals surface area contributed by atoms with Crippen molar-refractivity contribution in [2.45, 2.75) is 45.9 Å². The van der Waals surface area contributed by atoms with Crippen molar-refractivity contribution in [2.75, 3.05) is 13.1 Å². The maximum atomic E-state index is 14.4. The Labute approximate surface area is 183 Å². The minimum Gasteiger partial charge on any atom is -0.458 e. The Morgan fingerprint density at radius 2 is 2.09 bits per heavy atom. The standard InChI is InChI=1S/C24H24FN3O4/c1-3-26-6-4-5-13-14-7-12(2)18(25)9-19(14)27-21-16(13)10-28-20(21)8-15-17(23(28)30)11-32-24(31)22(15)29/h7-9,22,26,29H,3-6,10-11H2,1-2H3/t22-/m0/s1. The number of carbonyl (C=O) groups excluding carboxylic acids is 1. The molecule has 0 fully saturated rings. The van der Waals surface area contributed by atoms with Gasteiger partial charge in [-0.05, 0) is 56.1 Å². The molecule has 8 heteroatoms. The second kappa shape index (κ2) is 7.79. The molecule has 5 rings (SSSR count). The van der Waals surface area contributed by atoms with Gasteiger partial charge < -0.3 is 19.7 Å². The number of aliphatic hydroxyl groups excluding tert-OH is 1. The van der Waals surface area contributed by atoms with Gasteiger partial charge in [0.15, 0.2) is 6.10 Å². The van der Waals surface area contributed by atoms with Crippen molar-refractivity contribution >= 4 is 16.9 Å². The molecule has 0 radical (unpaired) electrons. The summed E-state index contributed by atoms with van der Waals surface area (Å²) >= 11 is 0. The number of esters is 1. The number of fused-ring (bicyclic) bond motifs is 5. The smallest absolute Gasteiger partial charge is 0.340 e. The van der Waals surface area contributed by atoms with E-state index >= 15 is 0 Å². The summed E-state index contributed by atoms with van der Waals surface area (Å²) in [6.45, 7) is 5.71. The van der Waals surface area contributed by atoms with Gasteiger partial charge in [0.2, 0.25) is 0 Å². The van der Waals surface area contributed by atoms with Crippen LogP contribution in [0.25, 0.3) is 22.3 Å². The van der Waals surface area contributed by atoms with Gasteiger partial charge in [0, 0.05) is 22.6 Å². The Hall–Kier alpha value is -3.10. The zero-order valence-corrected chi connectivity index (χ0v) is 18.0. The molecule has 4 heterocycles. The van der Waals surface area contributed by atoms with Crippen LogP contribution in [-0.2, 0) is 29.1 Å². The lowest BCUT2D eigenvalue weighted by atomic mass is 9.95. The minimum atomic E-state index is -1.50. The van der Waals surface area contributed by atoms with Gasteiger partial charge in [0.05, 0.1) is 29.0 Å². The summed E-state index contributed by atoms with van der Waals surface area (Å²) < 4.78 is 20.9. The van der Waals surface area contributed by atoms with Gasteiger partial charge in [-0.15, -0.1) is 0 Å². The lowest BCUT2D eigenvalue weighted by Gasteiger charge is -2.21. The first kappa shape index (κ1) is 20.8. The van der Waals surface area contributed by atoms with Crippen LogP contribution in [0.4, 0.5) is 4.39 Å². The molecular weight excluding hydrogens is 413 g/mol. The average Bonchev–Trinajstić information content (AvgIpc) is 3.13. The predicted octanol–water partition coefficient (Wildman–Crippen LogP) is 2.51. The van der Waals surface area contributed by atoms with Crippen LogP contribution in [-0.4, -0.2) is 33.7 Å². The Bertz CT molecular complexity index is 1330. The number of carbonyl (C=O) groups is 1. The number of halogens is 1. The summed E-state index contributed by atoms with van der Waals surface area (Å²) in [4.78, 5) is 29.8. The van der Waals surface area contributed by atoms with E-state index in [4.69, 9.17) is 9.72 Å². The molecule has 2 aliphatic rings. The minimum absolute atomic E-state index is 0.157. The van der Waals surface area contributed by atoms with Gasteiger partial charge in [-0.3, -0.25) is 4.79 Å². The van der Waals surface area contributed by atoms with Gasteiger partial charge in [0.1, 0.15) is 12.4 Å². The molecule has 32 heavy (non-hydrogen) atoms. The van der Waals surface area contributed by atoms with E-state index in [1.54, 1.807) is 17.6 Å². The van der Waals surface area contributed by atoms with E-state index in [2.05, 4.69) is 12.2 Å². The van der Waals surface area contributed by atoms with Crippen LogP contribution in [0.3, 0.4) is 0 Å². The SMILES string of the molecule is CCNCCCc1c2c(nc3cc(F)c(C)cc13)-c1cc3c(c(=O)n1C2)COC(=O)[C@H]3O. The van der Waals surface area contributed by atoms with E-state index in [9.17, 15) is 19.1 Å². The van der Waals surface area contributed by atoms with Crippen molar-refractivity contribution in [1.82, 2.24) is 14.9 Å². The van der Waals surface area contributed by atoms with Gasteiger partial charge >= 0.3 is 5.97 Å². The van der Waals surface area contributed by atoms with Crippen LogP contribution >= 0.6 is 0 Å². The van der Waals surface area contributed by atoms with Crippen molar-refractivity contribution in [1.29, 1.82) is 0 Å². The van der Waals surface area contributed by atoms with Crippen LogP contribution in [0.1, 0.15) is 47.3 Å². The predicted molar refractivity (Wildman–Crippen MR) is 117 cm³/mol. The molecule has 166 valence electrons. The van der Waals surface area contributed by atoms with Crippen LogP contribution in [0.15, 0.2) is 23.0 Å². The number of rotatable bonds is 5. The summed E-state index contributed by atoms with van der Waals surface area (Å²) in [5.74, 6) is -1.10. The first-order valence-corrected chi connectivity index (χ1v) is 10.8. The van der Waals surface area contributed by atoms with Gasteiger partial charge in [0.25, 0.3) is 5.56 Å². The lowest BCUT2D eigenvalue weighted by molar-refractivity contribution is -0.157. The Morgan fingerprint density at radius 3 is 2.88 bits per heavy atom. The number of ether oxygens (including phenoxy) is 1. The van der Waals surface area contributed by atoms with Crippen molar-refractivity contribution in [3.05, 3.63) is 62.2 Å². The lowest BCUT2D eigenvalue weighted by Crippen LogP contribution is -2.32. The quantitative estimate of drug-likeness (QED) is 0.368. The molecule has 3 aromatic rings. The Balaban J connectivity index is 1.72. The highest BCUT2D eigenvalue weighted by atomic mass is 19.1. The molecule has 0 saturated carbocycles. The number of benzene rings is 1.